The van der Waals surface area contributed by atoms with E-state index < -0.39 is 0 Å². The summed E-state index contributed by atoms with van der Waals surface area (Å²) in [7, 11) is 0. The van der Waals surface area contributed by atoms with Crippen molar-refractivity contribution in [3.63, 3.8) is 0 Å². The van der Waals surface area contributed by atoms with Gasteiger partial charge in [-0.2, -0.15) is 0 Å². The average molecular weight is 240 g/mol. The monoisotopic (exact) mass is 240 g/mol. The quantitative estimate of drug-likeness (QED) is 0.587. The number of furan rings is 1. The molecule has 3 N–H and O–H groups in total. The molecule has 5 heteroatoms. The highest BCUT2D eigenvalue weighted by Crippen LogP contribution is 2.08. The van der Waals surface area contributed by atoms with E-state index in [0.29, 0.717) is 22.9 Å². The van der Waals surface area contributed by atoms with E-state index in [1.54, 1.807) is 13.0 Å². The normalized spacial score (nSPS) is 10.1. The molecular formula is C11H16N2O2S. The van der Waals surface area contributed by atoms with Gasteiger partial charge in [-0.25, -0.2) is 0 Å². The average Bonchev–Trinajstić information content (AvgIpc) is 2.63. The Morgan fingerprint density at radius 2 is 2.31 bits per heavy atom. The fourth-order valence-electron chi connectivity index (χ4n) is 1.34. The molecule has 0 saturated heterocycles. The highest BCUT2D eigenvalue weighted by atomic mass is 32.1. The zero-order valence-corrected chi connectivity index (χ0v) is 10.1. The van der Waals surface area contributed by atoms with E-state index in [0.717, 1.165) is 19.3 Å². The van der Waals surface area contributed by atoms with Gasteiger partial charge in [-0.3, -0.25) is 4.79 Å². The molecule has 1 rings (SSSR count). The van der Waals surface area contributed by atoms with E-state index in [4.69, 9.17) is 22.4 Å². The van der Waals surface area contributed by atoms with Crippen LogP contribution in [0.1, 0.15) is 35.4 Å². The summed E-state index contributed by atoms with van der Waals surface area (Å²) in [5, 5.41) is 2.82. The molecule has 0 saturated carbocycles. The lowest BCUT2D eigenvalue weighted by molar-refractivity contribution is 0.0951. The van der Waals surface area contributed by atoms with Crippen molar-refractivity contribution in [1.82, 2.24) is 5.32 Å². The fraction of sp³-hybridized carbons (Fsp3) is 0.455. The van der Waals surface area contributed by atoms with E-state index in [1.807, 2.05) is 0 Å². The highest BCUT2D eigenvalue weighted by molar-refractivity contribution is 7.80. The van der Waals surface area contributed by atoms with Crippen molar-refractivity contribution < 1.29 is 9.21 Å². The first-order chi connectivity index (χ1) is 7.61. The summed E-state index contributed by atoms with van der Waals surface area (Å²) in [6.45, 7) is 2.40. The SMILES string of the molecule is Cc1occc1C(=O)NCCCCC(N)=S. The van der Waals surface area contributed by atoms with Gasteiger partial charge in [-0.15, -0.1) is 0 Å². The lowest BCUT2D eigenvalue weighted by Crippen LogP contribution is -2.24. The van der Waals surface area contributed by atoms with Gasteiger partial charge in [0.05, 0.1) is 16.8 Å². The number of amides is 1. The van der Waals surface area contributed by atoms with Crippen molar-refractivity contribution in [2.24, 2.45) is 5.73 Å². The highest BCUT2D eigenvalue weighted by Gasteiger charge is 2.09. The summed E-state index contributed by atoms with van der Waals surface area (Å²) in [6, 6.07) is 1.67. The van der Waals surface area contributed by atoms with Gasteiger partial charge in [-0.05, 0) is 32.3 Å². The van der Waals surface area contributed by atoms with Gasteiger partial charge in [0.15, 0.2) is 0 Å². The molecule has 1 heterocycles. The van der Waals surface area contributed by atoms with E-state index in [9.17, 15) is 4.79 Å². The van der Waals surface area contributed by atoms with Crippen molar-refractivity contribution in [3.8, 4) is 0 Å². The first-order valence-corrected chi connectivity index (χ1v) is 5.62. The smallest absolute Gasteiger partial charge is 0.254 e. The molecule has 0 unspecified atom stereocenters. The number of thiocarbonyl (C=S) groups is 1. The van der Waals surface area contributed by atoms with E-state index in [1.165, 1.54) is 6.26 Å². The van der Waals surface area contributed by atoms with Crippen LogP contribution in [0.4, 0.5) is 0 Å². The first-order valence-electron chi connectivity index (χ1n) is 5.22. The molecule has 0 aromatic carbocycles. The van der Waals surface area contributed by atoms with E-state index in [-0.39, 0.29) is 5.91 Å². The fourth-order valence-corrected chi connectivity index (χ4v) is 1.49. The molecule has 1 amide bonds. The second-order valence-corrected chi connectivity index (χ2v) is 4.09. The molecule has 1 aromatic heterocycles. The van der Waals surface area contributed by atoms with Crippen LogP contribution in [0.2, 0.25) is 0 Å². The van der Waals surface area contributed by atoms with Crippen LogP contribution in [0.3, 0.4) is 0 Å². The summed E-state index contributed by atoms with van der Waals surface area (Å²) in [4.78, 5) is 12.1. The zero-order chi connectivity index (χ0) is 12.0. The van der Waals surface area contributed by atoms with Crippen LogP contribution in [-0.4, -0.2) is 17.4 Å². The number of rotatable bonds is 6. The summed E-state index contributed by atoms with van der Waals surface area (Å²) < 4.78 is 5.05. The minimum atomic E-state index is -0.0958. The molecular weight excluding hydrogens is 224 g/mol. The van der Waals surface area contributed by atoms with Crippen molar-refractivity contribution in [2.45, 2.75) is 26.2 Å². The van der Waals surface area contributed by atoms with Gasteiger partial charge in [0, 0.05) is 6.54 Å². The molecule has 0 aliphatic carbocycles. The molecule has 4 nitrogen and oxygen atoms in total. The summed E-state index contributed by atoms with van der Waals surface area (Å²) in [5.41, 5.74) is 5.96. The van der Waals surface area contributed by atoms with Crippen molar-refractivity contribution >= 4 is 23.1 Å². The Morgan fingerprint density at radius 1 is 1.56 bits per heavy atom. The van der Waals surface area contributed by atoms with Gasteiger partial charge in [-0.1, -0.05) is 12.2 Å². The number of aryl methyl sites for hydroxylation is 1. The Kier molecular flexibility index (Phi) is 4.98. The minimum absolute atomic E-state index is 0.0958. The third-order valence-corrected chi connectivity index (χ3v) is 2.44. The number of nitrogens with two attached hydrogens (primary N) is 1. The van der Waals surface area contributed by atoms with Crippen LogP contribution in [-0.2, 0) is 0 Å². The maximum absolute atomic E-state index is 11.6. The minimum Gasteiger partial charge on any atom is -0.469 e. The lowest BCUT2D eigenvalue weighted by atomic mass is 10.2. The van der Waals surface area contributed by atoms with Crippen molar-refractivity contribution in [3.05, 3.63) is 23.7 Å². The molecule has 0 aliphatic rings. The van der Waals surface area contributed by atoms with Crippen LogP contribution < -0.4 is 11.1 Å². The van der Waals surface area contributed by atoms with Gasteiger partial charge in [0.1, 0.15) is 5.76 Å². The largest absolute Gasteiger partial charge is 0.469 e. The maximum Gasteiger partial charge on any atom is 0.254 e. The Bertz CT molecular complexity index is 374. The summed E-state index contributed by atoms with van der Waals surface area (Å²) >= 11 is 4.76. The molecule has 16 heavy (non-hydrogen) atoms. The Morgan fingerprint density at radius 3 is 2.88 bits per heavy atom. The van der Waals surface area contributed by atoms with Gasteiger partial charge in [0.25, 0.3) is 5.91 Å². The van der Waals surface area contributed by atoms with E-state index in [2.05, 4.69) is 5.32 Å². The second-order valence-electron chi connectivity index (χ2n) is 3.57. The number of carbonyl (C=O) groups excluding carboxylic acids is 1. The maximum atomic E-state index is 11.6. The standard InChI is InChI=1S/C11H16N2O2S/c1-8-9(5-7-15-8)11(14)13-6-3-2-4-10(12)16/h5,7H,2-4,6H2,1H3,(H2,12,16)(H,13,14). The van der Waals surface area contributed by atoms with Crippen molar-refractivity contribution in [2.75, 3.05) is 6.54 Å². The zero-order valence-electron chi connectivity index (χ0n) is 9.29. The number of hydrogen-bond acceptors (Lipinski definition) is 3. The third-order valence-electron chi connectivity index (χ3n) is 2.24. The van der Waals surface area contributed by atoms with Gasteiger partial charge < -0.3 is 15.5 Å². The molecule has 0 radical (unpaired) electrons. The van der Waals surface area contributed by atoms with Crippen molar-refractivity contribution in [1.29, 1.82) is 0 Å². The molecule has 0 spiro atoms. The predicted octanol–water partition coefficient (Wildman–Crippen LogP) is 1.77. The van der Waals surface area contributed by atoms with Crippen LogP contribution in [0, 0.1) is 6.92 Å². The third kappa shape index (κ3) is 4.02. The van der Waals surface area contributed by atoms with Crippen LogP contribution in [0.15, 0.2) is 16.7 Å². The predicted molar refractivity (Wildman–Crippen MR) is 66.4 cm³/mol. The van der Waals surface area contributed by atoms with Crippen LogP contribution in [0.5, 0.6) is 0 Å². The molecule has 0 fully saturated rings. The Balaban J connectivity index is 2.21. The lowest BCUT2D eigenvalue weighted by Gasteiger charge is -2.03. The number of nitrogens with one attached hydrogen (secondary N) is 1. The van der Waals surface area contributed by atoms with E-state index >= 15 is 0 Å². The number of hydrogen-bond donors (Lipinski definition) is 2. The number of carbonyl (C=O) groups is 1. The Labute approximate surface area is 100 Å². The Hall–Kier alpha value is -1.36. The molecule has 0 aliphatic heterocycles. The molecule has 1 aromatic rings. The molecule has 0 bridgehead atoms. The summed E-state index contributed by atoms with van der Waals surface area (Å²) in [6.07, 6.45) is 4.02. The topological polar surface area (TPSA) is 68.3 Å². The van der Waals surface area contributed by atoms with Gasteiger partial charge >= 0.3 is 0 Å². The second kappa shape index (κ2) is 6.27. The number of unbranched alkanes of at least 4 members (excludes halogenated alkanes) is 1. The summed E-state index contributed by atoms with van der Waals surface area (Å²) in [5.74, 6) is 0.544. The molecule has 0 atom stereocenters. The van der Waals surface area contributed by atoms with Crippen LogP contribution >= 0.6 is 12.2 Å². The first kappa shape index (κ1) is 12.7. The molecule has 88 valence electrons. The van der Waals surface area contributed by atoms with Crippen LogP contribution in [0.25, 0.3) is 0 Å². The van der Waals surface area contributed by atoms with Gasteiger partial charge in [0.2, 0.25) is 0 Å².